The normalized spacial score (nSPS) is 20.4. The number of hydrogen-bond donors (Lipinski definition) is 1. The lowest BCUT2D eigenvalue weighted by Crippen LogP contribution is -2.48. The number of methoxy groups -OCH3 is 2. The highest BCUT2D eigenvalue weighted by Gasteiger charge is 2.42. The Morgan fingerprint density at radius 3 is 2.54 bits per heavy atom. The van der Waals surface area contributed by atoms with Crippen molar-refractivity contribution in [2.75, 3.05) is 34.0 Å². The quantitative estimate of drug-likeness (QED) is 0.643. The van der Waals surface area contributed by atoms with Crippen LogP contribution in [0.15, 0.2) is 36.4 Å². The van der Waals surface area contributed by atoms with E-state index in [1.165, 1.54) is 11.6 Å². The zero-order valence-electron chi connectivity index (χ0n) is 16.1. The second kappa shape index (κ2) is 7.41. The maximum absolute atomic E-state index is 11.2. The number of rotatable bonds is 4. The van der Waals surface area contributed by atoms with Crippen LogP contribution in [0.1, 0.15) is 35.6 Å². The summed E-state index contributed by atoms with van der Waals surface area (Å²) in [6, 6.07) is 10.7. The summed E-state index contributed by atoms with van der Waals surface area (Å²) in [7, 11) is 3.26. The Labute approximate surface area is 163 Å². The molecule has 1 spiro atoms. The number of non-ortho nitro benzene ring substituents is 1. The number of ether oxygens (including phenoxy) is 3. The molecular formula is C21H24N2O5. The largest absolute Gasteiger partial charge is 0.493 e. The van der Waals surface area contributed by atoms with E-state index in [0.717, 1.165) is 43.7 Å². The molecule has 148 valence electrons. The number of fused-ring (bicyclic) bond motifs is 2. The van der Waals surface area contributed by atoms with E-state index in [-0.39, 0.29) is 22.1 Å². The first kappa shape index (κ1) is 18.7. The van der Waals surface area contributed by atoms with Gasteiger partial charge in [-0.1, -0.05) is 12.1 Å². The van der Waals surface area contributed by atoms with Crippen LogP contribution in [0.5, 0.6) is 11.5 Å². The molecule has 0 aliphatic carbocycles. The van der Waals surface area contributed by atoms with Crippen molar-refractivity contribution < 1.29 is 19.1 Å². The summed E-state index contributed by atoms with van der Waals surface area (Å²) in [5.41, 5.74) is 3.21. The number of nitro groups is 1. The molecule has 2 aliphatic rings. The Balaban J connectivity index is 1.86. The van der Waals surface area contributed by atoms with Gasteiger partial charge < -0.3 is 19.5 Å². The van der Waals surface area contributed by atoms with E-state index >= 15 is 0 Å². The Kier molecular flexibility index (Phi) is 4.95. The molecule has 0 radical (unpaired) electrons. The Hall–Kier alpha value is -2.64. The lowest BCUT2D eigenvalue weighted by Gasteiger charge is -2.45. The van der Waals surface area contributed by atoms with Gasteiger partial charge in [0.05, 0.1) is 25.2 Å². The van der Waals surface area contributed by atoms with Gasteiger partial charge in [0.2, 0.25) is 0 Å². The Bertz CT molecular complexity index is 892. The molecule has 1 saturated heterocycles. The highest BCUT2D eigenvalue weighted by atomic mass is 16.6. The van der Waals surface area contributed by atoms with E-state index in [2.05, 4.69) is 11.4 Å². The van der Waals surface area contributed by atoms with Crippen molar-refractivity contribution in [2.24, 2.45) is 0 Å². The van der Waals surface area contributed by atoms with Crippen LogP contribution in [0.3, 0.4) is 0 Å². The van der Waals surface area contributed by atoms with Crippen LogP contribution in [0.25, 0.3) is 0 Å². The van der Waals surface area contributed by atoms with Crippen LogP contribution in [0.4, 0.5) is 5.69 Å². The minimum atomic E-state index is -0.359. The van der Waals surface area contributed by atoms with Crippen molar-refractivity contribution in [3.63, 3.8) is 0 Å². The predicted molar refractivity (Wildman–Crippen MR) is 104 cm³/mol. The van der Waals surface area contributed by atoms with Crippen LogP contribution in [0, 0.1) is 10.1 Å². The summed E-state index contributed by atoms with van der Waals surface area (Å²) in [6.45, 7) is 2.22. The molecule has 2 aliphatic heterocycles. The monoisotopic (exact) mass is 384 g/mol. The average molecular weight is 384 g/mol. The van der Waals surface area contributed by atoms with E-state index in [9.17, 15) is 10.1 Å². The van der Waals surface area contributed by atoms with Gasteiger partial charge in [-0.3, -0.25) is 10.1 Å². The number of nitro benzene ring substituents is 1. The van der Waals surface area contributed by atoms with Crippen molar-refractivity contribution in [1.82, 2.24) is 5.32 Å². The van der Waals surface area contributed by atoms with Crippen LogP contribution in [0.2, 0.25) is 0 Å². The third-order valence-electron chi connectivity index (χ3n) is 5.95. The molecule has 1 N–H and O–H groups in total. The fourth-order valence-corrected chi connectivity index (χ4v) is 4.42. The van der Waals surface area contributed by atoms with E-state index in [1.54, 1.807) is 26.4 Å². The molecule has 1 atom stereocenters. The minimum Gasteiger partial charge on any atom is -0.493 e. The fourth-order valence-electron chi connectivity index (χ4n) is 4.42. The fraction of sp³-hybridized carbons (Fsp3) is 0.429. The lowest BCUT2D eigenvalue weighted by molar-refractivity contribution is -0.384. The van der Waals surface area contributed by atoms with Crippen LogP contribution >= 0.6 is 0 Å². The first-order chi connectivity index (χ1) is 13.6. The standard InChI is InChI=1S/C21H24N2O5/c1-26-18-11-16-17(12-19(18)27-2)21(6-8-28-9-7-21)13-22-20(16)14-4-3-5-15(10-14)23(24)25/h3-5,10-12,20,22H,6-9,13H2,1-2H3/t20-/m1/s1. The maximum Gasteiger partial charge on any atom is 0.269 e. The van der Waals surface area contributed by atoms with Gasteiger partial charge in [-0.15, -0.1) is 0 Å². The maximum atomic E-state index is 11.2. The molecule has 7 heteroatoms. The topological polar surface area (TPSA) is 82.9 Å². The van der Waals surface area contributed by atoms with Gasteiger partial charge >= 0.3 is 0 Å². The Morgan fingerprint density at radius 1 is 1.14 bits per heavy atom. The van der Waals surface area contributed by atoms with E-state index in [1.807, 2.05) is 12.1 Å². The molecular weight excluding hydrogens is 360 g/mol. The predicted octanol–water partition coefficient (Wildman–Crippen LogP) is 3.35. The summed E-state index contributed by atoms with van der Waals surface area (Å²) in [5, 5.41) is 14.9. The van der Waals surface area contributed by atoms with Crippen molar-refractivity contribution in [2.45, 2.75) is 24.3 Å². The molecule has 0 bridgehead atoms. The lowest BCUT2D eigenvalue weighted by atomic mass is 9.68. The summed E-state index contributed by atoms with van der Waals surface area (Å²) in [6.07, 6.45) is 1.84. The summed E-state index contributed by atoms with van der Waals surface area (Å²) < 4.78 is 16.7. The molecule has 4 rings (SSSR count). The molecule has 2 aromatic rings. The zero-order chi connectivity index (χ0) is 19.7. The van der Waals surface area contributed by atoms with Gasteiger partial charge in [0.25, 0.3) is 5.69 Å². The van der Waals surface area contributed by atoms with Gasteiger partial charge in [0.1, 0.15) is 0 Å². The van der Waals surface area contributed by atoms with E-state index in [0.29, 0.717) is 11.5 Å². The summed E-state index contributed by atoms with van der Waals surface area (Å²) >= 11 is 0. The molecule has 28 heavy (non-hydrogen) atoms. The van der Waals surface area contributed by atoms with Crippen LogP contribution in [-0.4, -0.2) is 38.9 Å². The van der Waals surface area contributed by atoms with Gasteiger partial charge in [-0.2, -0.15) is 0 Å². The van der Waals surface area contributed by atoms with E-state index < -0.39 is 0 Å². The molecule has 0 amide bonds. The molecule has 2 heterocycles. The molecule has 0 aromatic heterocycles. The minimum absolute atomic E-state index is 0.0374. The van der Waals surface area contributed by atoms with Gasteiger partial charge in [-0.25, -0.2) is 0 Å². The van der Waals surface area contributed by atoms with Crippen molar-refractivity contribution >= 4 is 5.69 Å². The van der Waals surface area contributed by atoms with Crippen molar-refractivity contribution in [3.05, 3.63) is 63.2 Å². The number of nitrogens with one attached hydrogen (secondary N) is 1. The molecule has 7 nitrogen and oxygen atoms in total. The van der Waals surface area contributed by atoms with Crippen molar-refractivity contribution in [3.8, 4) is 11.5 Å². The van der Waals surface area contributed by atoms with E-state index in [4.69, 9.17) is 14.2 Å². The third-order valence-corrected chi connectivity index (χ3v) is 5.95. The van der Waals surface area contributed by atoms with Gasteiger partial charge in [0.15, 0.2) is 11.5 Å². The highest BCUT2D eigenvalue weighted by Crippen LogP contribution is 2.47. The van der Waals surface area contributed by atoms with Gasteiger partial charge in [-0.05, 0) is 41.7 Å². The number of nitrogens with zero attached hydrogens (tertiary/aromatic N) is 1. The SMILES string of the molecule is COc1cc2c(cc1OC)C1(CCOCC1)CN[C@@H]2c1cccc([N+](=O)[O-])c1. The molecule has 0 saturated carbocycles. The smallest absolute Gasteiger partial charge is 0.269 e. The zero-order valence-corrected chi connectivity index (χ0v) is 16.1. The first-order valence-electron chi connectivity index (χ1n) is 9.40. The highest BCUT2D eigenvalue weighted by molar-refractivity contribution is 5.55. The summed E-state index contributed by atoms with van der Waals surface area (Å²) in [4.78, 5) is 10.9. The molecule has 0 unspecified atom stereocenters. The van der Waals surface area contributed by atoms with Crippen molar-refractivity contribution in [1.29, 1.82) is 0 Å². The van der Waals surface area contributed by atoms with Crippen LogP contribution < -0.4 is 14.8 Å². The summed E-state index contributed by atoms with van der Waals surface area (Å²) in [5.74, 6) is 1.36. The third kappa shape index (κ3) is 3.10. The second-order valence-electron chi connectivity index (χ2n) is 7.35. The second-order valence-corrected chi connectivity index (χ2v) is 7.35. The average Bonchev–Trinajstić information content (AvgIpc) is 2.74. The molecule has 1 fully saturated rings. The number of hydrogen-bond acceptors (Lipinski definition) is 6. The first-order valence-corrected chi connectivity index (χ1v) is 9.40. The number of benzene rings is 2. The Morgan fingerprint density at radius 2 is 1.86 bits per heavy atom. The molecule has 2 aromatic carbocycles. The van der Waals surface area contributed by atoms with Crippen LogP contribution in [-0.2, 0) is 10.2 Å². The van der Waals surface area contributed by atoms with Gasteiger partial charge in [0, 0.05) is 37.3 Å².